The average Bonchev–Trinajstić information content (AvgIpc) is 3.97. The van der Waals surface area contributed by atoms with Gasteiger partial charge in [-0.05, 0) is 133 Å². The Morgan fingerprint density at radius 2 is 0.884 bits per heavy atom. The van der Waals surface area contributed by atoms with Crippen LogP contribution in [0.4, 0.5) is 17.1 Å². The number of fused-ring (bicyclic) bond motifs is 11. The molecule has 0 aliphatic rings. The third-order valence-electron chi connectivity index (χ3n) is 14.1. The molecule has 0 radical (unpaired) electrons. The van der Waals surface area contributed by atoms with E-state index in [4.69, 9.17) is 4.42 Å². The summed E-state index contributed by atoms with van der Waals surface area (Å²) in [5, 5.41) is 12.0. The smallest absolute Gasteiger partial charge is 0.143 e. The van der Waals surface area contributed by atoms with Gasteiger partial charge in [0.1, 0.15) is 11.2 Å². The highest BCUT2D eigenvalue weighted by Crippen LogP contribution is 2.46. The number of anilines is 3. The van der Waals surface area contributed by atoms with Gasteiger partial charge in [0.05, 0.1) is 16.7 Å². The van der Waals surface area contributed by atoms with E-state index in [1.54, 1.807) is 0 Å². The molecular weight excluding hydrogens is 837 g/mol. The van der Waals surface area contributed by atoms with Gasteiger partial charge in [0.15, 0.2) is 0 Å². The zero-order valence-corrected chi connectivity index (χ0v) is 37.6. The molecule has 0 aliphatic carbocycles. The quantitative estimate of drug-likeness (QED) is 0.149. The Hall–Kier alpha value is -9.18. The van der Waals surface area contributed by atoms with Crippen molar-refractivity contribution in [3.63, 3.8) is 0 Å². The first-order valence-electron chi connectivity index (χ1n) is 23.7. The number of aromatic nitrogens is 1. The number of benzene rings is 12. The van der Waals surface area contributed by atoms with E-state index in [0.717, 1.165) is 72.2 Å². The van der Waals surface area contributed by atoms with Crippen LogP contribution in [0.15, 0.2) is 259 Å². The van der Waals surface area contributed by atoms with Crippen LogP contribution >= 0.6 is 0 Å². The molecule has 0 bridgehead atoms. The lowest BCUT2D eigenvalue weighted by atomic mass is 9.93. The Morgan fingerprint density at radius 3 is 1.65 bits per heavy atom. The molecule has 0 unspecified atom stereocenters. The molecule has 2 heterocycles. The van der Waals surface area contributed by atoms with Crippen LogP contribution in [0.3, 0.4) is 0 Å². The first-order valence-corrected chi connectivity index (χ1v) is 23.7. The third kappa shape index (κ3) is 6.36. The summed E-state index contributed by atoms with van der Waals surface area (Å²) in [7, 11) is 0. The molecule has 2 aromatic heterocycles. The highest BCUT2D eigenvalue weighted by molar-refractivity contribution is 6.20. The minimum Gasteiger partial charge on any atom is -0.455 e. The minimum atomic E-state index is 0.849. The summed E-state index contributed by atoms with van der Waals surface area (Å²) in [4.78, 5) is 2.37. The van der Waals surface area contributed by atoms with Crippen molar-refractivity contribution in [3.8, 4) is 39.1 Å². The lowest BCUT2D eigenvalue weighted by Crippen LogP contribution is -2.10. The van der Waals surface area contributed by atoms with Crippen molar-refractivity contribution in [2.45, 2.75) is 0 Å². The van der Waals surface area contributed by atoms with Crippen LogP contribution in [-0.2, 0) is 0 Å². The Labute approximate surface area is 399 Å². The number of hydrogen-bond donors (Lipinski definition) is 0. The van der Waals surface area contributed by atoms with Crippen molar-refractivity contribution in [1.82, 2.24) is 4.57 Å². The lowest BCUT2D eigenvalue weighted by molar-refractivity contribution is 0.673. The molecule has 0 amide bonds. The van der Waals surface area contributed by atoms with Gasteiger partial charge in [0, 0.05) is 50.1 Å². The highest BCUT2D eigenvalue weighted by Gasteiger charge is 2.22. The number of rotatable bonds is 7. The van der Waals surface area contributed by atoms with Crippen molar-refractivity contribution in [1.29, 1.82) is 0 Å². The fraction of sp³-hybridized carbons (Fsp3) is 0. The predicted octanol–water partition coefficient (Wildman–Crippen LogP) is 18.6. The molecule has 0 N–H and O–H groups in total. The zero-order chi connectivity index (χ0) is 45.4. The first kappa shape index (κ1) is 39.0. The largest absolute Gasteiger partial charge is 0.455 e. The van der Waals surface area contributed by atoms with Crippen molar-refractivity contribution in [3.05, 3.63) is 255 Å². The molecule has 0 fully saturated rings. The molecule has 0 atom stereocenters. The molecule has 3 heteroatoms. The van der Waals surface area contributed by atoms with Gasteiger partial charge in [-0.1, -0.05) is 176 Å². The van der Waals surface area contributed by atoms with Gasteiger partial charge < -0.3 is 13.9 Å². The van der Waals surface area contributed by atoms with Gasteiger partial charge in [-0.15, -0.1) is 0 Å². The van der Waals surface area contributed by atoms with Crippen molar-refractivity contribution >= 4 is 93.1 Å². The molecule has 0 saturated carbocycles. The normalized spacial score (nSPS) is 11.8. The SMILES string of the molecule is c1ccc(-c2cc(N(c3ccc(-c4ccc5c(c4)c4ccccc4n5-c4ccccc4)cc3)c3ccc(-c4cc5ccccc5c5ccccc45)cc3)cc3oc4c5ccccc5ccc4c23)cc1. The topological polar surface area (TPSA) is 21.3 Å². The van der Waals surface area contributed by atoms with E-state index in [0.29, 0.717) is 0 Å². The summed E-state index contributed by atoms with van der Waals surface area (Å²) in [5.41, 5.74) is 15.4. The second kappa shape index (κ2) is 15.7. The van der Waals surface area contributed by atoms with Crippen molar-refractivity contribution in [2.24, 2.45) is 0 Å². The van der Waals surface area contributed by atoms with Gasteiger partial charge >= 0.3 is 0 Å². The fourth-order valence-corrected chi connectivity index (χ4v) is 10.9. The summed E-state index contributed by atoms with van der Waals surface area (Å²) >= 11 is 0. The van der Waals surface area contributed by atoms with Crippen LogP contribution in [0.2, 0.25) is 0 Å². The molecule has 3 nitrogen and oxygen atoms in total. The van der Waals surface area contributed by atoms with E-state index in [2.05, 4.69) is 264 Å². The maximum atomic E-state index is 6.99. The van der Waals surface area contributed by atoms with Crippen molar-refractivity contribution in [2.75, 3.05) is 4.90 Å². The standard InChI is InChI=1S/C66H42N2O/c1-3-15-44(16-4-1)60-41-52(42-64-65(60)58-37-31-45-17-7-10-22-54(45)66(58)69-64)67(51-35-29-46(30-36-51)59-40-48-18-8-9-21-53(48)55-23-11-12-24-56(55)59)50-33-27-43(28-34-50)47-32-38-63-61(39-47)57-25-13-14-26-62(57)68(63)49-19-5-2-6-20-49/h1-42H. The minimum absolute atomic E-state index is 0.849. The Bertz CT molecular complexity index is 4280. The molecule has 69 heavy (non-hydrogen) atoms. The fourth-order valence-electron chi connectivity index (χ4n) is 10.9. The van der Waals surface area contributed by atoms with E-state index in [1.165, 1.54) is 60.0 Å². The number of para-hydroxylation sites is 2. The Morgan fingerprint density at radius 1 is 0.304 bits per heavy atom. The second-order valence-electron chi connectivity index (χ2n) is 18.0. The summed E-state index contributed by atoms with van der Waals surface area (Å²) in [5.74, 6) is 0. The van der Waals surface area contributed by atoms with Crippen LogP contribution in [0.5, 0.6) is 0 Å². The molecule has 322 valence electrons. The summed E-state index contributed by atoms with van der Waals surface area (Å²) in [6.07, 6.45) is 0. The predicted molar refractivity (Wildman–Crippen MR) is 292 cm³/mol. The molecule has 0 saturated heterocycles. The van der Waals surface area contributed by atoms with E-state index in [9.17, 15) is 0 Å². The number of nitrogens with zero attached hydrogens (tertiary/aromatic N) is 2. The van der Waals surface area contributed by atoms with Gasteiger partial charge in [0.2, 0.25) is 0 Å². The van der Waals surface area contributed by atoms with Crippen LogP contribution in [0.1, 0.15) is 0 Å². The number of furan rings is 1. The molecule has 12 aromatic carbocycles. The van der Waals surface area contributed by atoms with E-state index < -0.39 is 0 Å². The monoisotopic (exact) mass is 878 g/mol. The summed E-state index contributed by atoms with van der Waals surface area (Å²) in [6, 6.07) is 92.4. The Balaban J connectivity index is 0.943. The summed E-state index contributed by atoms with van der Waals surface area (Å²) in [6.45, 7) is 0. The second-order valence-corrected chi connectivity index (χ2v) is 18.0. The third-order valence-corrected chi connectivity index (χ3v) is 14.1. The lowest BCUT2D eigenvalue weighted by Gasteiger charge is -2.27. The zero-order valence-electron chi connectivity index (χ0n) is 37.6. The van der Waals surface area contributed by atoms with Gasteiger partial charge in [-0.3, -0.25) is 0 Å². The molecule has 0 spiro atoms. The average molecular weight is 879 g/mol. The molecule has 0 aliphatic heterocycles. The van der Waals surface area contributed by atoms with Crippen LogP contribution in [-0.4, -0.2) is 4.57 Å². The highest BCUT2D eigenvalue weighted by atomic mass is 16.3. The molecule has 14 rings (SSSR count). The number of hydrogen-bond acceptors (Lipinski definition) is 2. The van der Waals surface area contributed by atoms with Crippen LogP contribution in [0.25, 0.3) is 115 Å². The summed E-state index contributed by atoms with van der Waals surface area (Å²) < 4.78 is 9.36. The van der Waals surface area contributed by atoms with E-state index in [1.807, 2.05) is 0 Å². The first-order chi connectivity index (χ1) is 34.2. The van der Waals surface area contributed by atoms with Gasteiger partial charge in [0.25, 0.3) is 0 Å². The van der Waals surface area contributed by atoms with Crippen LogP contribution < -0.4 is 4.90 Å². The maximum Gasteiger partial charge on any atom is 0.143 e. The van der Waals surface area contributed by atoms with Gasteiger partial charge in [-0.2, -0.15) is 0 Å². The Kier molecular flexibility index (Phi) is 8.90. The molecule has 14 aromatic rings. The van der Waals surface area contributed by atoms with E-state index >= 15 is 0 Å². The van der Waals surface area contributed by atoms with Crippen molar-refractivity contribution < 1.29 is 4.42 Å². The van der Waals surface area contributed by atoms with E-state index in [-0.39, 0.29) is 0 Å². The van der Waals surface area contributed by atoms with Crippen LogP contribution in [0, 0.1) is 0 Å². The maximum absolute atomic E-state index is 6.99. The van der Waals surface area contributed by atoms with Gasteiger partial charge in [-0.25, -0.2) is 0 Å². The molecular formula is C66H42N2O.